The number of aromatic nitrogens is 2. The molecule has 1 fully saturated rings. The van der Waals surface area contributed by atoms with Gasteiger partial charge in [-0.05, 0) is 12.6 Å². The third kappa shape index (κ3) is 4.01. The topological polar surface area (TPSA) is 52.5 Å². The van der Waals surface area contributed by atoms with Crippen molar-refractivity contribution in [2.75, 3.05) is 38.1 Å². The summed E-state index contributed by atoms with van der Waals surface area (Å²) >= 11 is 0. The van der Waals surface area contributed by atoms with Crippen LogP contribution in [-0.4, -0.2) is 65.6 Å². The number of nitrogens with zero attached hydrogens (tertiary/aromatic N) is 4. The summed E-state index contributed by atoms with van der Waals surface area (Å²) in [5, 5.41) is 9.43. The van der Waals surface area contributed by atoms with E-state index < -0.39 is 23.5 Å². The lowest BCUT2D eigenvalue weighted by Gasteiger charge is -2.32. The van der Waals surface area contributed by atoms with Gasteiger partial charge in [-0.15, -0.1) is 0 Å². The Morgan fingerprint density at radius 3 is 1.72 bits per heavy atom. The number of benzene rings is 1. The van der Waals surface area contributed by atoms with Crippen LogP contribution in [0.1, 0.15) is 5.56 Å². The van der Waals surface area contributed by atoms with Gasteiger partial charge in [0.05, 0.1) is 0 Å². The van der Waals surface area contributed by atoms with Gasteiger partial charge in [0.15, 0.2) is 0 Å². The number of aliphatic hydroxyl groups is 1. The Morgan fingerprint density at radius 2 is 1.28 bits per heavy atom. The lowest BCUT2D eigenvalue weighted by atomic mass is 9.91. The van der Waals surface area contributed by atoms with Crippen LogP contribution in [0.25, 0.3) is 11.1 Å². The molecule has 0 atom stereocenters. The van der Waals surface area contributed by atoms with Crippen molar-refractivity contribution in [1.82, 2.24) is 14.9 Å². The first-order valence-electron chi connectivity index (χ1n) is 8.66. The number of hydrogen-bond acceptors (Lipinski definition) is 5. The highest BCUT2D eigenvalue weighted by Gasteiger charge is 2.71. The van der Waals surface area contributed by atoms with E-state index in [0.717, 1.165) is 38.3 Å². The first kappa shape index (κ1) is 21.3. The van der Waals surface area contributed by atoms with Crippen molar-refractivity contribution in [3.05, 3.63) is 42.2 Å². The van der Waals surface area contributed by atoms with E-state index in [0.29, 0.717) is 29.2 Å². The molecule has 0 aliphatic carbocycles. The number of rotatable bonds is 3. The van der Waals surface area contributed by atoms with Crippen molar-refractivity contribution in [2.24, 2.45) is 0 Å². The Labute approximate surface area is 162 Å². The van der Waals surface area contributed by atoms with Gasteiger partial charge in [0, 0.05) is 49.7 Å². The molecule has 1 aromatic carbocycles. The molecule has 158 valence electrons. The molecule has 0 amide bonds. The Bertz CT molecular complexity index is 813. The third-order valence-electron chi connectivity index (χ3n) is 4.88. The molecule has 3 rings (SSSR count). The largest absolute Gasteiger partial charge is 0.430 e. The van der Waals surface area contributed by atoms with Gasteiger partial charge >= 0.3 is 12.4 Å². The van der Waals surface area contributed by atoms with Crippen LogP contribution in [0.4, 0.5) is 32.3 Å². The minimum absolute atomic E-state index is 0.324. The molecule has 1 aliphatic heterocycles. The lowest BCUT2D eigenvalue weighted by Crippen LogP contribution is -2.53. The molecule has 2 aromatic rings. The highest BCUT2D eigenvalue weighted by Crippen LogP contribution is 2.50. The molecule has 29 heavy (non-hydrogen) atoms. The monoisotopic (exact) mass is 420 g/mol. The Kier molecular flexibility index (Phi) is 5.48. The van der Waals surface area contributed by atoms with E-state index in [-0.39, 0.29) is 0 Å². The number of alkyl halides is 6. The molecular formula is C18H18F6N4O. The van der Waals surface area contributed by atoms with Crippen LogP contribution in [0, 0.1) is 0 Å². The zero-order valence-corrected chi connectivity index (χ0v) is 15.3. The van der Waals surface area contributed by atoms with Crippen LogP contribution in [0.15, 0.2) is 36.7 Å². The number of piperazine rings is 1. The first-order chi connectivity index (χ1) is 13.4. The Morgan fingerprint density at radius 1 is 0.793 bits per heavy atom. The quantitative estimate of drug-likeness (QED) is 0.773. The molecule has 0 bridgehead atoms. The minimum atomic E-state index is -5.92. The van der Waals surface area contributed by atoms with Crippen molar-refractivity contribution in [3.8, 4) is 11.1 Å². The second-order valence-electron chi connectivity index (χ2n) is 6.85. The predicted molar refractivity (Wildman–Crippen MR) is 93.2 cm³/mol. The third-order valence-corrected chi connectivity index (χ3v) is 4.88. The van der Waals surface area contributed by atoms with E-state index in [1.165, 1.54) is 12.4 Å². The van der Waals surface area contributed by atoms with E-state index in [1.807, 2.05) is 11.9 Å². The predicted octanol–water partition coefficient (Wildman–Crippen LogP) is 3.21. The van der Waals surface area contributed by atoms with Crippen molar-refractivity contribution >= 4 is 5.95 Å². The average molecular weight is 420 g/mol. The summed E-state index contributed by atoms with van der Waals surface area (Å²) in [6.45, 7) is 3.21. The second kappa shape index (κ2) is 7.45. The van der Waals surface area contributed by atoms with Crippen LogP contribution in [0.2, 0.25) is 0 Å². The number of hydrogen-bond donors (Lipinski definition) is 1. The van der Waals surface area contributed by atoms with Gasteiger partial charge in [0.25, 0.3) is 5.60 Å². The highest BCUT2D eigenvalue weighted by atomic mass is 19.4. The lowest BCUT2D eigenvalue weighted by molar-refractivity contribution is -0.376. The fourth-order valence-electron chi connectivity index (χ4n) is 3.03. The molecule has 1 aliphatic rings. The van der Waals surface area contributed by atoms with Crippen LogP contribution in [0.5, 0.6) is 0 Å². The Hall–Kier alpha value is -2.40. The van der Waals surface area contributed by atoms with Crippen molar-refractivity contribution in [3.63, 3.8) is 0 Å². The number of anilines is 1. The molecule has 11 heteroatoms. The summed E-state index contributed by atoms with van der Waals surface area (Å²) in [6, 6.07) is 3.33. The van der Waals surface area contributed by atoms with Crippen LogP contribution >= 0.6 is 0 Å². The van der Waals surface area contributed by atoms with Gasteiger partial charge in [-0.3, -0.25) is 0 Å². The molecule has 5 nitrogen and oxygen atoms in total. The molecular weight excluding hydrogens is 402 g/mol. The minimum Gasteiger partial charge on any atom is -0.369 e. The maximum absolute atomic E-state index is 13.0. The average Bonchev–Trinajstić information content (AvgIpc) is 2.66. The number of halogens is 6. The Balaban J connectivity index is 1.83. The van der Waals surface area contributed by atoms with Crippen LogP contribution in [-0.2, 0) is 5.60 Å². The molecule has 0 spiro atoms. The molecule has 1 N–H and O–H groups in total. The molecule has 2 heterocycles. The molecule has 0 saturated carbocycles. The molecule has 1 saturated heterocycles. The summed E-state index contributed by atoms with van der Waals surface area (Å²) in [6.07, 6.45) is -8.93. The first-order valence-corrected chi connectivity index (χ1v) is 8.66. The zero-order valence-electron chi connectivity index (χ0n) is 15.3. The SMILES string of the molecule is CN1CCN(c2ncc(-c3ccc(C(O)(C(F)(F)F)C(F)(F)F)cc3)cn2)CC1. The van der Waals surface area contributed by atoms with Gasteiger partial charge in [-0.25, -0.2) is 9.97 Å². The summed E-state index contributed by atoms with van der Waals surface area (Å²) < 4.78 is 77.7. The van der Waals surface area contributed by atoms with Crippen LogP contribution in [0.3, 0.4) is 0 Å². The molecule has 0 unspecified atom stereocenters. The fourth-order valence-corrected chi connectivity index (χ4v) is 3.03. The maximum Gasteiger partial charge on any atom is 0.430 e. The van der Waals surface area contributed by atoms with E-state index in [2.05, 4.69) is 14.9 Å². The van der Waals surface area contributed by atoms with Crippen molar-refractivity contribution in [2.45, 2.75) is 18.0 Å². The summed E-state index contributed by atoms with van der Waals surface area (Å²) in [5.74, 6) is 0.502. The van der Waals surface area contributed by atoms with Crippen molar-refractivity contribution < 1.29 is 31.4 Å². The summed E-state index contributed by atoms with van der Waals surface area (Å²) in [5.41, 5.74) is -5.50. The van der Waals surface area contributed by atoms with Gasteiger partial charge < -0.3 is 14.9 Å². The summed E-state index contributed by atoms with van der Waals surface area (Å²) in [4.78, 5) is 12.6. The van der Waals surface area contributed by atoms with E-state index in [9.17, 15) is 31.4 Å². The van der Waals surface area contributed by atoms with E-state index in [4.69, 9.17) is 0 Å². The smallest absolute Gasteiger partial charge is 0.369 e. The summed E-state index contributed by atoms with van der Waals surface area (Å²) in [7, 11) is 2.00. The van der Waals surface area contributed by atoms with Gasteiger partial charge in [-0.1, -0.05) is 24.3 Å². The maximum atomic E-state index is 13.0. The van der Waals surface area contributed by atoms with Gasteiger partial charge in [-0.2, -0.15) is 26.3 Å². The van der Waals surface area contributed by atoms with Gasteiger partial charge in [0.1, 0.15) is 0 Å². The van der Waals surface area contributed by atoms with E-state index >= 15 is 0 Å². The second-order valence-corrected chi connectivity index (χ2v) is 6.85. The highest BCUT2D eigenvalue weighted by molar-refractivity contribution is 5.62. The molecule has 0 radical (unpaired) electrons. The van der Waals surface area contributed by atoms with Crippen molar-refractivity contribution in [1.29, 1.82) is 0 Å². The van der Waals surface area contributed by atoms with Crippen LogP contribution < -0.4 is 4.90 Å². The fraction of sp³-hybridized carbons (Fsp3) is 0.444. The molecule has 1 aromatic heterocycles. The standard InChI is InChI=1S/C18H18F6N4O/c1-27-6-8-28(9-7-27)15-25-10-13(11-26-15)12-2-4-14(5-3-12)16(29,17(19,20)21)18(22,23)24/h2-5,10-11,29H,6-9H2,1H3. The number of likely N-dealkylation sites (N-methyl/N-ethyl adjacent to an activating group) is 1. The zero-order chi connectivity index (χ0) is 21.4. The van der Waals surface area contributed by atoms with E-state index in [1.54, 1.807) is 0 Å². The van der Waals surface area contributed by atoms with Gasteiger partial charge in [0.2, 0.25) is 5.95 Å². The normalized spacial score (nSPS) is 16.9.